The van der Waals surface area contributed by atoms with Gasteiger partial charge < -0.3 is 4.74 Å². The molecule has 12 heavy (non-hydrogen) atoms. The molecule has 0 aromatic heterocycles. The van der Waals surface area contributed by atoms with E-state index in [1.165, 1.54) is 0 Å². The molecule has 0 radical (unpaired) electrons. The van der Waals surface area contributed by atoms with Gasteiger partial charge in [-0.25, -0.2) is 0 Å². The molecule has 0 aliphatic carbocycles. The molecule has 1 saturated heterocycles. The Kier molecular flexibility index (Phi) is 2.19. The van der Waals surface area contributed by atoms with Gasteiger partial charge in [0.1, 0.15) is 5.75 Å². The minimum absolute atomic E-state index is 0.200. The number of hydrogen-bond acceptors (Lipinski definition) is 2. The highest BCUT2D eigenvalue weighted by Crippen LogP contribution is 2.18. The highest BCUT2D eigenvalue weighted by molar-refractivity contribution is 6.30. The molecule has 1 unspecified atom stereocenters. The van der Waals surface area contributed by atoms with Gasteiger partial charge in [-0.3, -0.25) is 5.32 Å². The Balaban J connectivity index is 1.98. The lowest BCUT2D eigenvalue weighted by Gasteiger charge is -2.28. The third-order valence-electron chi connectivity index (χ3n) is 1.87. The van der Waals surface area contributed by atoms with Crippen molar-refractivity contribution in [1.82, 2.24) is 5.32 Å². The average molecular weight is 184 g/mol. The SMILES string of the molecule is Clc1ccc(OC2CCN2)cc1. The maximum atomic E-state index is 5.72. The van der Waals surface area contributed by atoms with Crippen LogP contribution < -0.4 is 10.1 Å². The molecule has 0 amide bonds. The van der Waals surface area contributed by atoms with Crippen molar-refractivity contribution in [3.8, 4) is 5.75 Å². The van der Waals surface area contributed by atoms with Gasteiger partial charge >= 0.3 is 0 Å². The molecule has 1 fully saturated rings. The highest BCUT2D eigenvalue weighted by atomic mass is 35.5. The van der Waals surface area contributed by atoms with E-state index in [0.29, 0.717) is 0 Å². The molecule has 3 heteroatoms. The molecular formula is C9H10ClNO. The van der Waals surface area contributed by atoms with E-state index >= 15 is 0 Å². The Labute approximate surface area is 76.5 Å². The van der Waals surface area contributed by atoms with Crippen LogP contribution in [0.1, 0.15) is 6.42 Å². The zero-order valence-electron chi connectivity index (χ0n) is 6.59. The van der Waals surface area contributed by atoms with E-state index in [0.717, 1.165) is 23.7 Å². The second-order valence-electron chi connectivity index (χ2n) is 2.80. The van der Waals surface area contributed by atoms with Crippen molar-refractivity contribution in [3.05, 3.63) is 29.3 Å². The minimum Gasteiger partial charge on any atom is -0.475 e. The Bertz CT molecular complexity index is 256. The Morgan fingerprint density at radius 2 is 2.00 bits per heavy atom. The molecule has 2 nitrogen and oxygen atoms in total. The molecule has 2 rings (SSSR count). The van der Waals surface area contributed by atoms with E-state index in [9.17, 15) is 0 Å². The summed E-state index contributed by atoms with van der Waals surface area (Å²) in [6.45, 7) is 1.05. The largest absolute Gasteiger partial charge is 0.475 e. The zero-order valence-corrected chi connectivity index (χ0v) is 7.34. The maximum Gasteiger partial charge on any atom is 0.151 e. The van der Waals surface area contributed by atoms with E-state index in [1.807, 2.05) is 24.3 Å². The summed E-state index contributed by atoms with van der Waals surface area (Å²) in [7, 11) is 0. The van der Waals surface area contributed by atoms with Crippen molar-refractivity contribution in [3.63, 3.8) is 0 Å². The summed E-state index contributed by atoms with van der Waals surface area (Å²) in [5.41, 5.74) is 0. The van der Waals surface area contributed by atoms with Crippen molar-refractivity contribution >= 4 is 11.6 Å². The molecule has 0 bridgehead atoms. The molecular weight excluding hydrogens is 174 g/mol. The zero-order chi connectivity index (χ0) is 8.39. The molecule has 1 atom stereocenters. The lowest BCUT2D eigenvalue weighted by atomic mass is 10.2. The van der Waals surface area contributed by atoms with Crippen molar-refractivity contribution < 1.29 is 4.74 Å². The summed E-state index contributed by atoms with van der Waals surface area (Å²) >= 11 is 5.72. The fraction of sp³-hybridized carbons (Fsp3) is 0.333. The summed E-state index contributed by atoms with van der Waals surface area (Å²) in [5.74, 6) is 0.872. The van der Waals surface area contributed by atoms with E-state index in [-0.39, 0.29) is 6.23 Å². The second kappa shape index (κ2) is 3.33. The van der Waals surface area contributed by atoms with E-state index in [4.69, 9.17) is 16.3 Å². The average Bonchev–Trinajstić information content (AvgIpc) is 2.00. The van der Waals surface area contributed by atoms with Gasteiger partial charge in [-0.1, -0.05) is 11.6 Å². The smallest absolute Gasteiger partial charge is 0.151 e. The van der Waals surface area contributed by atoms with Gasteiger partial charge in [-0.2, -0.15) is 0 Å². The van der Waals surface area contributed by atoms with E-state index in [2.05, 4.69) is 5.32 Å². The van der Waals surface area contributed by atoms with Crippen LogP contribution in [0.4, 0.5) is 0 Å². The maximum absolute atomic E-state index is 5.72. The number of benzene rings is 1. The van der Waals surface area contributed by atoms with Gasteiger partial charge in [0.15, 0.2) is 6.23 Å². The highest BCUT2D eigenvalue weighted by Gasteiger charge is 2.17. The number of rotatable bonds is 2. The van der Waals surface area contributed by atoms with Gasteiger partial charge in [0, 0.05) is 18.0 Å². The molecule has 1 N–H and O–H groups in total. The van der Waals surface area contributed by atoms with Gasteiger partial charge in [0.2, 0.25) is 0 Å². The molecule has 1 aromatic carbocycles. The van der Waals surface area contributed by atoms with E-state index < -0.39 is 0 Å². The molecule has 1 aliphatic rings. The molecule has 0 spiro atoms. The van der Waals surface area contributed by atoms with Gasteiger partial charge in [-0.15, -0.1) is 0 Å². The molecule has 1 heterocycles. The monoisotopic (exact) mass is 183 g/mol. The summed E-state index contributed by atoms with van der Waals surface area (Å²) in [6, 6.07) is 7.41. The predicted molar refractivity (Wildman–Crippen MR) is 48.5 cm³/mol. The van der Waals surface area contributed by atoms with Crippen molar-refractivity contribution in [2.75, 3.05) is 6.54 Å². The van der Waals surface area contributed by atoms with Crippen molar-refractivity contribution in [2.24, 2.45) is 0 Å². The van der Waals surface area contributed by atoms with Crippen molar-refractivity contribution in [2.45, 2.75) is 12.6 Å². The topological polar surface area (TPSA) is 21.3 Å². The molecule has 1 aliphatic heterocycles. The summed E-state index contributed by atoms with van der Waals surface area (Å²) in [4.78, 5) is 0. The number of hydrogen-bond donors (Lipinski definition) is 1. The first-order valence-corrected chi connectivity index (χ1v) is 4.38. The second-order valence-corrected chi connectivity index (χ2v) is 3.24. The van der Waals surface area contributed by atoms with Crippen LogP contribution in [0, 0.1) is 0 Å². The quantitative estimate of drug-likeness (QED) is 0.758. The standard InChI is InChI=1S/C9H10ClNO/c10-7-1-3-8(4-2-7)12-9-5-6-11-9/h1-4,9,11H,5-6H2. The van der Waals surface area contributed by atoms with Crippen LogP contribution in [-0.4, -0.2) is 12.8 Å². The first kappa shape index (κ1) is 7.90. The third-order valence-corrected chi connectivity index (χ3v) is 2.12. The Morgan fingerprint density at radius 1 is 1.33 bits per heavy atom. The van der Waals surface area contributed by atoms with Crippen molar-refractivity contribution in [1.29, 1.82) is 0 Å². The summed E-state index contributed by atoms with van der Waals surface area (Å²) < 4.78 is 5.54. The first-order valence-electron chi connectivity index (χ1n) is 4.00. The van der Waals surface area contributed by atoms with Crippen LogP contribution in [0.25, 0.3) is 0 Å². The first-order chi connectivity index (χ1) is 5.84. The molecule has 64 valence electrons. The summed E-state index contributed by atoms with van der Waals surface area (Å²) in [5, 5.41) is 3.89. The van der Waals surface area contributed by atoms with Gasteiger partial charge in [-0.05, 0) is 24.3 Å². The van der Waals surface area contributed by atoms with Gasteiger partial charge in [0.25, 0.3) is 0 Å². The van der Waals surface area contributed by atoms with Crippen LogP contribution in [0.5, 0.6) is 5.75 Å². The number of nitrogens with one attached hydrogen (secondary N) is 1. The van der Waals surface area contributed by atoms with Crippen LogP contribution in [-0.2, 0) is 0 Å². The normalized spacial score (nSPS) is 21.6. The summed E-state index contributed by atoms with van der Waals surface area (Å²) in [6.07, 6.45) is 1.29. The number of ether oxygens (including phenoxy) is 1. The Morgan fingerprint density at radius 3 is 2.50 bits per heavy atom. The minimum atomic E-state index is 0.200. The molecule has 1 aromatic rings. The third kappa shape index (κ3) is 1.71. The predicted octanol–water partition coefficient (Wildman–Crippen LogP) is 2.04. The molecule has 0 saturated carbocycles. The fourth-order valence-corrected chi connectivity index (χ4v) is 1.17. The number of halogens is 1. The fourth-order valence-electron chi connectivity index (χ4n) is 1.04. The lowest BCUT2D eigenvalue weighted by Crippen LogP contribution is -2.46. The van der Waals surface area contributed by atoms with Gasteiger partial charge in [0.05, 0.1) is 0 Å². The van der Waals surface area contributed by atoms with Crippen LogP contribution in [0.2, 0.25) is 5.02 Å². The van der Waals surface area contributed by atoms with Crippen LogP contribution >= 0.6 is 11.6 Å². The van der Waals surface area contributed by atoms with Crippen LogP contribution in [0.15, 0.2) is 24.3 Å². The Hall–Kier alpha value is -0.730. The van der Waals surface area contributed by atoms with E-state index in [1.54, 1.807) is 0 Å². The van der Waals surface area contributed by atoms with Crippen LogP contribution in [0.3, 0.4) is 0 Å². The lowest BCUT2D eigenvalue weighted by molar-refractivity contribution is 0.0987.